The highest BCUT2D eigenvalue weighted by molar-refractivity contribution is 5.97. The van der Waals surface area contributed by atoms with Crippen LogP contribution in [-0.4, -0.2) is 78.4 Å². The molecule has 202 valence electrons. The maximum absolute atomic E-state index is 12.8. The van der Waals surface area contributed by atoms with Gasteiger partial charge in [-0.05, 0) is 75.4 Å². The molecule has 0 radical (unpaired) electrons. The quantitative estimate of drug-likeness (QED) is 0.311. The second-order valence-corrected chi connectivity index (χ2v) is 9.78. The van der Waals surface area contributed by atoms with Crippen molar-refractivity contribution in [3.05, 3.63) is 29.8 Å². The van der Waals surface area contributed by atoms with Crippen LogP contribution in [0.3, 0.4) is 0 Å². The molecule has 4 amide bonds. The zero-order chi connectivity index (χ0) is 26.8. The minimum Gasteiger partial charge on any atom is -0.480 e. The summed E-state index contributed by atoms with van der Waals surface area (Å²) in [6, 6.07) is 4.69. The molecule has 3 rings (SSSR count). The lowest BCUT2D eigenvalue weighted by molar-refractivity contribution is -0.139. The van der Waals surface area contributed by atoms with Crippen molar-refractivity contribution in [1.29, 1.82) is 0 Å². The van der Waals surface area contributed by atoms with Crippen molar-refractivity contribution >= 4 is 35.3 Å². The van der Waals surface area contributed by atoms with Gasteiger partial charge >= 0.3 is 5.97 Å². The molecule has 5 N–H and O–H groups in total. The zero-order valence-electron chi connectivity index (χ0n) is 21.3. The van der Waals surface area contributed by atoms with E-state index in [0.29, 0.717) is 44.0 Å². The van der Waals surface area contributed by atoms with Crippen molar-refractivity contribution in [3.63, 3.8) is 0 Å². The summed E-state index contributed by atoms with van der Waals surface area (Å²) in [5.74, 6) is -2.25. The highest BCUT2D eigenvalue weighted by Gasteiger charge is 2.30. The third kappa shape index (κ3) is 8.85. The summed E-state index contributed by atoms with van der Waals surface area (Å²) in [4.78, 5) is 62.6. The third-order valence-electron chi connectivity index (χ3n) is 6.92. The maximum Gasteiger partial charge on any atom is 0.328 e. The second kappa shape index (κ2) is 13.7. The van der Waals surface area contributed by atoms with E-state index in [1.165, 1.54) is 31.2 Å². The Kier molecular flexibility index (Phi) is 10.4. The van der Waals surface area contributed by atoms with Crippen LogP contribution in [0.4, 0.5) is 5.69 Å². The van der Waals surface area contributed by atoms with E-state index in [1.54, 1.807) is 4.90 Å². The third-order valence-corrected chi connectivity index (χ3v) is 6.92. The summed E-state index contributed by atoms with van der Waals surface area (Å²) in [5, 5.41) is 20.5. The number of hydrogen-bond donors (Lipinski definition) is 5. The van der Waals surface area contributed by atoms with Crippen LogP contribution in [0, 0.1) is 11.8 Å². The Morgan fingerprint density at radius 3 is 2.43 bits per heavy atom. The van der Waals surface area contributed by atoms with Gasteiger partial charge in [0.2, 0.25) is 17.7 Å². The number of benzene rings is 1. The van der Waals surface area contributed by atoms with Crippen LogP contribution in [0.15, 0.2) is 24.3 Å². The molecule has 2 saturated heterocycles. The molecule has 37 heavy (non-hydrogen) atoms. The van der Waals surface area contributed by atoms with Gasteiger partial charge in [-0.25, -0.2) is 4.79 Å². The van der Waals surface area contributed by atoms with Crippen molar-refractivity contribution < 1.29 is 29.1 Å². The van der Waals surface area contributed by atoms with Gasteiger partial charge in [-0.3, -0.25) is 19.2 Å². The van der Waals surface area contributed by atoms with Gasteiger partial charge in [0.05, 0.1) is 5.92 Å². The van der Waals surface area contributed by atoms with Gasteiger partial charge in [-0.2, -0.15) is 0 Å². The Hall–Kier alpha value is -3.47. The van der Waals surface area contributed by atoms with Crippen molar-refractivity contribution in [2.24, 2.45) is 11.8 Å². The van der Waals surface area contributed by atoms with Crippen molar-refractivity contribution in [3.8, 4) is 0 Å². The Morgan fingerprint density at radius 2 is 1.78 bits per heavy atom. The van der Waals surface area contributed by atoms with E-state index in [2.05, 4.69) is 21.3 Å². The number of rotatable bonds is 10. The fourth-order valence-corrected chi connectivity index (χ4v) is 4.77. The summed E-state index contributed by atoms with van der Waals surface area (Å²) < 4.78 is 0. The molecule has 0 bridgehead atoms. The van der Waals surface area contributed by atoms with Gasteiger partial charge in [0.15, 0.2) is 0 Å². The minimum absolute atomic E-state index is 0.0660. The molecule has 1 aromatic rings. The number of likely N-dealkylation sites (tertiary alicyclic amines) is 1. The smallest absolute Gasteiger partial charge is 0.328 e. The number of carboxylic acid groups (broad SMARTS) is 1. The van der Waals surface area contributed by atoms with Crippen LogP contribution in [0.2, 0.25) is 0 Å². The van der Waals surface area contributed by atoms with E-state index in [9.17, 15) is 29.1 Å². The van der Waals surface area contributed by atoms with E-state index in [4.69, 9.17) is 0 Å². The number of piperidine rings is 2. The highest BCUT2D eigenvalue weighted by atomic mass is 16.4. The molecule has 2 aliphatic heterocycles. The van der Waals surface area contributed by atoms with Crippen molar-refractivity contribution in [2.45, 2.75) is 51.5 Å². The summed E-state index contributed by atoms with van der Waals surface area (Å²) in [6.07, 6.45) is 4.85. The maximum atomic E-state index is 12.8. The van der Waals surface area contributed by atoms with Crippen LogP contribution in [0.1, 0.15) is 55.8 Å². The molecule has 0 spiro atoms. The van der Waals surface area contributed by atoms with Crippen molar-refractivity contribution in [1.82, 2.24) is 20.9 Å². The Balaban J connectivity index is 1.46. The summed E-state index contributed by atoms with van der Waals surface area (Å²) in [6.45, 7) is 4.03. The summed E-state index contributed by atoms with van der Waals surface area (Å²) in [5.41, 5.74) is 0.731. The predicted octanol–water partition coefficient (Wildman–Crippen LogP) is 0.963. The molecule has 1 aromatic carbocycles. The molecule has 0 aromatic heterocycles. The molecular formula is C26H37N5O6. The fraction of sp³-hybridized carbons (Fsp3) is 0.577. The van der Waals surface area contributed by atoms with Gasteiger partial charge < -0.3 is 31.3 Å². The van der Waals surface area contributed by atoms with Crippen LogP contribution in [-0.2, 0) is 19.2 Å². The highest BCUT2D eigenvalue weighted by Crippen LogP contribution is 2.21. The molecule has 2 aliphatic rings. The van der Waals surface area contributed by atoms with Crippen LogP contribution < -0.4 is 21.3 Å². The SMILES string of the molecule is CC(=O)Nc1ccc(C(=O)NC(CNC(=O)[C@@H]2CCCN(C(=O)CCC3CCNCC3)C2)C(=O)O)cc1. The largest absolute Gasteiger partial charge is 0.480 e. The van der Waals surface area contributed by atoms with Gasteiger partial charge in [0.1, 0.15) is 6.04 Å². The number of aliphatic carboxylic acids is 1. The number of amides is 4. The summed E-state index contributed by atoms with van der Waals surface area (Å²) in [7, 11) is 0. The zero-order valence-corrected chi connectivity index (χ0v) is 21.3. The standard InChI is InChI=1S/C26H37N5O6/c1-17(32)29-21-7-5-19(6-8-21)25(35)30-22(26(36)37)15-28-24(34)20-3-2-14-31(16-20)23(33)9-4-18-10-12-27-13-11-18/h5-8,18,20,22,27H,2-4,9-16H2,1H3,(H,28,34)(H,29,32)(H,30,35)(H,36,37)/t20-,22?/m1/s1. The Bertz CT molecular complexity index is 976. The molecule has 11 nitrogen and oxygen atoms in total. The number of hydrogen-bond acceptors (Lipinski definition) is 6. The number of nitrogens with zero attached hydrogens (tertiary/aromatic N) is 1. The molecule has 0 saturated carbocycles. The first-order valence-corrected chi connectivity index (χ1v) is 12.9. The lowest BCUT2D eigenvalue weighted by Crippen LogP contribution is -2.51. The molecule has 1 unspecified atom stereocenters. The Morgan fingerprint density at radius 1 is 1.08 bits per heavy atom. The van der Waals surface area contributed by atoms with Gasteiger partial charge in [0, 0.05) is 44.2 Å². The molecule has 2 fully saturated rings. The first kappa shape index (κ1) is 28.1. The second-order valence-electron chi connectivity index (χ2n) is 9.78. The van der Waals surface area contributed by atoms with Crippen LogP contribution in [0.25, 0.3) is 0 Å². The van der Waals surface area contributed by atoms with Crippen LogP contribution in [0.5, 0.6) is 0 Å². The predicted molar refractivity (Wildman–Crippen MR) is 137 cm³/mol. The van der Waals surface area contributed by atoms with E-state index in [-0.39, 0.29) is 29.8 Å². The lowest BCUT2D eigenvalue weighted by atomic mass is 9.92. The van der Waals surface area contributed by atoms with Crippen molar-refractivity contribution in [2.75, 3.05) is 38.0 Å². The Labute approximate surface area is 216 Å². The van der Waals surface area contributed by atoms with Gasteiger partial charge in [0.25, 0.3) is 5.91 Å². The molecular weight excluding hydrogens is 478 g/mol. The van der Waals surface area contributed by atoms with Gasteiger partial charge in [-0.1, -0.05) is 0 Å². The number of anilines is 1. The number of carbonyl (C=O) groups is 5. The normalized spacial score (nSPS) is 18.9. The lowest BCUT2D eigenvalue weighted by Gasteiger charge is -2.33. The monoisotopic (exact) mass is 515 g/mol. The van der Waals surface area contributed by atoms with E-state index in [0.717, 1.165) is 32.4 Å². The van der Waals surface area contributed by atoms with Gasteiger partial charge in [-0.15, -0.1) is 0 Å². The first-order valence-electron chi connectivity index (χ1n) is 12.9. The number of carboxylic acids is 1. The topological polar surface area (TPSA) is 157 Å². The molecule has 11 heteroatoms. The van der Waals surface area contributed by atoms with E-state index < -0.39 is 23.8 Å². The number of nitrogens with one attached hydrogen (secondary N) is 4. The summed E-state index contributed by atoms with van der Waals surface area (Å²) >= 11 is 0. The molecule has 0 aliphatic carbocycles. The first-order chi connectivity index (χ1) is 17.7. The molecule has 2 heterocycles. The van der Waals surface area contributed by atoms with E-state index in [1.807, 2.05) is 0 Å². The number of carbonyl (C=O) groups excluding carboxylic acids is 4. The average Bonchev–Trinajstić information content (AvgIpc) is 2.90. The minimum atomic E-state index is -1.32. The molecule has 2 atom stereocenters. The van der Waals surface area contributed by atoms with Crippen LogP contribution >= 0.6 is 0 Å². The average molecular weight is 516 g/mol. The fourth-order valence-electron chi connectivity index (χ4n) is 4.77. The van der Waals surface area contributed by atoms with E-state index >= 15 is 0 Å².